The molecule has 0 aliphatic carbocycles. The molecule has 0 bridgehead atoms. The zero-order valence-corrected chi connectivity index (χ0v) is 15.5. The quantitative estimate of drug-likeness (QED) is 0.528. The molecule has 2 heterocycles. The summed E-state index contributed by atoms with van der Waals surface area (Å²) >= 11 is 1.54. The van der Waals surface area contributed by atoms with Crippen LogP contribution in [-0.4, -0.2) is 29.3 Å². The van der Waals surface area contributed by atoms with Gasteiger partial charge < -0.3 is 20.3 Å². The van der Waals surface area contributed by atoms with E-state index in [0.717, 1.165) is 22.9 Å². The highest BCUT2D eigenvalue weighted by Gasteiger charge is 2.24. The second-order valence-electron chi connectivity index (χ2n) is 6.17. The fraction of sp³-hybridized carbons (Fsp3) is 0.529. The topological polar surface area (TPSA) is 82.7 Å². The monoisotopic (exact) mass is 350 g/mol. The molecule has 7 heteroatoms. The third-order valence-electron chi connectivity index (χ3n) is 3.56. The summed E-state index contributed by atoms with van der Waals surface area (Å²) in [6.45, 7) is 9.44. The van der Waals surface area contributed by atoms with E-state index in [-0.39, 0.29) is 0 Å². The van der Waals surface area contributed by atoms with Crippen molar-refractivity contribution in [2.75, 3.05) is 13.1 Å². The first-order valence-electron chi connectivity index (χ1n) is 8.16. The average Bonchev–Trinajstić information content (AvgIpc) is 3.21. The van der Waals surface area contributed by atoms with Crippen LogP contribution in [-0.2, 0) is 12.1 Å². The Labute approximate surface area is 147 Å². The van der Waals surface area contributed by atoms with Crippen LogP contribution in [0.1, 0.15) is 49.9 Å². The lowest BCUT2D eigenvalue weighted by atomic mass is 10.1. The maximum absolute atomic E-state index is 10.6. The molecule has 0 aromatic carbocycles. The zero-order valence-electron chi connectivity index (χ0n) is 14.7. The fourth-order valence-electron chi connectivity index (χ4n) is 2.10. The molecule has 0 aliphatic rings. The van der Waals surface area contributed by atoms with Gasteiger partial charge >= 0.3 is 0 Å². The van der Waals surface area contributed by atoms with Crippen molar-refractivity contribution in [2.45, 2.75) is 45.8 Å². The van der Waals surface area contributed by atoms with Crippen LogP contribution >= 0.6 is 11.3 Å². The SMILES string of the molecule is CCNC(=NCc1cc(C(C)C)no1)NCC(C)(O)c1cccs1. The van der Waals surface area contributed by atoms with Crippen LogP contribution in [0.15, 0.2) is 33.1 Å². The Hall–Kier alpha value is -1.86. The van der Waals surface area contributed by atoms with Crippen LogP contribution < -0.4 is 10.6 Å². The first-order valence-corrected chi connectivity index (χ1v) is 9.04. The highest BCUT2D eigenvalue weighted by molar-refractivity contribution is 7.10. The van der Waals surface area contributed by atoms with Crippen molar-refractivity contribution in [1.82, 2.24) is 15.8 Å². The van der Waals surface area contributed by atoms with Crippen LogP contribution in [0.4, 0.5) is 0 Å². The minimum absolute atomic E-state index is 0.332. The van der Waals surface area contributed by atoms with Crippen LogP contribution in [0, 0.1) is 0 Å². The number of hydrogen-bond donors (Lipinski definition) is 3. The summed E-state index contributed by atoms with van der Waals surface area (Å²) in [6.07, 6.45) is 0. The molecular formula is C17H26N4O2S. The van der Waals surface area contributed by atoms with Crippen molar-refractivity contribution in [1.29, 1.82) is 0 Å². The Kier molecular flexibility index (Phi) is 6.39. The molecule has 24 heavy (non-hydrogen) atoms. The van der Waals surface area contributed by atoms with Gasteiger partial charge in [0.25, 0.3) is 0 Å². The van der Waals surface area contributed by atoms with Gasteiger partial charge in [-0.2, -0.15) is 0 Å². The Morgan fingerprint density at radius 1 is 1.46 bits per heavy atom. The van der Waals surface area contributed by atoms with Crippen molar-refractivity contribution >= 4 is 17.3 Å². The molecule has 1 unspecified atom stereocenters. The van der Waals surface area contributed by atoms with Gasteiger partial charge in [0.15, 0.2) is 11.7 Å². The Balaban J connectivity index is 1.97. The fourth-order valence-corrected chi connectivity index (χ4v) is 2.89. The van der Waals surface area contributed by atoms with E-state index in [1.54, 1.807) is 6.92 Å². The van der Waals surface area contributed by atoms with Crippen LogP contribution in [0.25, 0.3) is 0 Å². The van der Waals surface area contributed by atoms with Crippen LogP contribution in [0.2, 0.25) is 0 Å². The third kappa shape index (κ3) is 5.07. The molecule has 132 valence electrons. The summed E-state index contributed by atoms with van der Waals surface area (Å²) < 4.78 is 5.30. The number of thiophene rings is 1. The van der Waals surface area contributed by atoms with Crippen molar-refractivity contribution in [2.24, 2.45) is 4.99 Å². The van der Waals surface area contributed by atoms with E-state index in [1.165, 1.54) is 11.3 Å². The van der Waals surface area contributed by atoms with E-state index >= 15 is 0 Å². The zero-order chi connectivity index (χ0) is 17.6. The summed E-state index contributed by atoms with van der Waals surface area (Å²) in [4.78, 5) is 5.41. The number of aliphatic hydroxyl groups is 1. The normalized spacial score (nSPS) is 14.7. The Morgan fingerprint density at radius 3 is 2.83 bits per heavy atom. The largest absolute Gasteiger partial charge is 0.383 e. The van der Waals surface area contributed by atoms with E-state index in [2.05, 4.69) is 34.6 Å². The van der Waals surface area contributed by atoms with Crippen LogP contribution in [0.3, 0.4) is 0 Å². The van der Waals surface area contributed by atoms with Crippen molar-refractivity contribution in [3.05, 3.63) is 39.9 Å². The molecule has 3 N–H and O–H groups in total. The molecule has 0 amide bonds. The molecule has 0 saturated carbocycles. The van der Waals surface area contributed by atoms with Gasteiger partial charge in [0.1, 0.15) is 12.1 Å². The first kappa shape index (κ1) is 18.5. The van der Waals surface area contributed by atoms with E-state index in [1.807, 2.05) is 30.5 Å². The lowest BCUT2D eigenvalue weighted by molar-refractivity contribution is 0.0655. The van der Waals surface area contributed by atoms with E-state index in [9.17, 15) is 5.11 Å². The van der Waals surface area contributed by atoms with E-state index in [4.69, 9.17) is 4.52 Å². The average molecular weight is 350 g/mol. The molecule has 0 aliphatic heterocycles. The van der Waals surface area contributed by atoms with Gasteiger partial charge in [-0.1, -0.05) is 25.1 Å². The number of guanidine groups is 1. The van der Waals surface area contributed by atoms with Crippen molar-refractivity contribution in [3.63, 3.8) is 0 Å². The van der Waals surface area contributed by atoms with Crippen LogP contribution in [0.5, 0.6) is 0 Å². The predicted octanol–water partition coefficient (Wildman–Crippen LogP) is 2.82. The van der Waals surface area contributed by atoms with Gasteiger partial charge in [-0.05, 0) is 31.2 Å². The number of aliphatic imine (C=N–C) groups is 1. The second kappa shape index (κ2) is 8.30. The number of rotatable bonds is 7. The summed E-state index contributed by atoms with van der Waals surface area (Å²) in [5.41, 5.74) is -0.0136. The van der Waals surface area contributed by atoms with Gasteiger partial charge in [0.2, 0.25) is 0 Å². The molecule has 6 nitrogen and oxygen atoms in total. The van der Waals surface area contributed by atoms with Crippen molar-refractivity contribution < 1.29 is 9.63 Å². The second-order valence-corrected chi connectivity index (χ2v) is 7.12. The van der Waals surface area contributed by atoms with E-state index < -0.39 is 5.60 Å². The molecule has 0 saturated heterocycles. The summed E-state index contributed by atoms with van der Waals surface area (Å²) in [5, 5.41) is 22.9. The van der Waals surface area contributed by atoms with E-state index in [0.29, 0.717) is 25.0 Å². The van der Waals surface area contributed by atoms with Gasteiger partial charge in [0, 0.05) is 17.5 Å². The maximum Gasteiger partial charge on any atom is 0.191 e. The molecule has 2 aromatic heterocycles. The molecule has 2 rings (SSSR count). The molecular weight excluding hydrogens is 324 g/mol. The first-order chi connectivity index (χ1) is 11.4. The lowest BCUT2D eigenvalue weighted by Crippen LogP contribution is -2.44. The van der Waals surface area contributed by atoms with Gasteiger partial charge in [-0.25, -0.2) is 4.99 Å². The molecule has 1 atom stereocenters. The van der Waals surface area contributed by atoms with Gasteiger partial charge in [-0.15, -0.1) is 11.3 Å². The third-order valence-corrected chi connectivity index (χ3v) is 4.68. The minimum Gasteiger partial charge on any atom is -0.383 e. The maximum atomic E-state index is 10.6. The minimum atomic E-state index is -0.943. The number of hydrogen-bond acceptors (Lipinski definition) is 5. The molecule has 2 aromatic rings. The summed E-state index contributed by atoms with van der Waals surface area (Å²) in [5.74, 6) is 1.69. The summed E-state index contributed by atoms with van der Waals surface area (Å²) in [7, 11) is 0. The number of nitrogens with one attached hydrogen (secondary N) is 2. The lowest BCUT2D eigenvalue weighted by Gasteiger charge is -2.23. The van der Waals surface area contributed by atoms with Gasteiger partial charge in [0.05, 0.1) is 12.2 Å². The Morgan fingerprint density at radius 2 is 2.25 bits per heavy atom. The molecule has 0 spiro atoms. The summed E-state index contributed by atoms with van der Waals surface area (Å²) in [6, 6.07) is 5.79. The highest BCUT2D eigenvalue weighted by atomic mass is 32.1. The molecule has 0 fully saturated rings. The number of nitrogens with zero attached hydrogens (tertiary/aromatic N) is 2. The standard InChI is InChI=1S/C17H26N4O2S/c1-5-18-16(19-10-13-9-14(12(2)3)21-23-13)20-11-17(4,22)15-7-6-8-24-15/h6-9,12,22H,5,10-11H2,1-4H3,(H2,18,19,20). The van der Waals surface area contributed by atoms with Gasteiger partial charge in [-0.3, -0.25) is 0 Å². The highest BCUT2D eigenvalue weighted by Crippen LogP contribution is 2.24. The van der Waals surface area contributed by atoms with Crippen molar-refractivity contribution in [3.8, 4) is 0 Å². The molecule has 0 radical (unpaired) electrons. The predicted molar refractivity (Wildman–Crippen MR) is 97.3 cm³/mol. The Bertz CT molecular complexity index is 647. The smallest absolute Gasteiger partial charge is 0.191 e. The number of aromatic nitrogens is 1.